The molecule has 1 heterocycles. The number of hydrazone groups is 1. The molecule has 2 aromatic rings. The molecule has 5 nitrogen and oxygen atoms in total. The van der Waals surface area contributed by atoms with Gasteiger partial charge < -0.3 is 4.90 Å². The fraction of sp³-hybridized carbons (Fsp3) is 0.167. The van der Waals surface area contributed by atoms with Crippen molar-refractivity contribution in [3.05, 3.63) is 66.0 Å². The van der Waals surface area contributed by atoms with Crippen molar-refractivity contribution >= 4 is 23.7 Å². The molecule has 0 saturated carbocycles. The van der Waals surface area contributed by atoms with E-state index in [1.54, 1.807) is 17.0 Å². The second-order valence-electron chi connectivity index (χ2n) is 5.53. The van der Waals surface area contributed by atoms with Gasteiger partial charge in [-0.3, -0.25) is 9.59 Å². The molecule has 1 saturated heterocycles. The highest BCUT2D eigenvalue weighted by molar-refractivity contribution is 6.00. The van der Waals surface area contributed by atoms with Crippen molar-refractivity contribution in [3.8, 4) is 0 Å². The van der Waals surface area contributed by atoms with E-state index in [1.807, 2.05) is 30.3 Å². The van der Waals surface area contributed by atoms with E-state index in [4.69, 9.17) is 0 Å². The van der Waals surface area contributed by atoms with Gasteiger partial charge >= 0.3 is 0 Å². The van der Waals surface area contributed by atoms with Crippen LogP contribution in [0.4, 0.5) is 10.1 Å². The lowest BCUT2D eigenvalue weighted by Gasteiger charge is -2.16. The normalized spacial score (nSPS) is 17.5. The first-order chi connectivity index (χ1) is 11.6. The summed E-state index contributed by atoms with van der Waals surface area (Å²) in [5.41, 5.74) is 3.89. The smallest absolute Gasteiger partial charge is 0.245 e. The third kappa shape index (κ3) is 3.65. The van der Waals surface area contributed by atoms with E-state index in [-0.39, 0.29) is 24.1 Å². The Bertz CT molecular complexity index is 760. The molecule has 1 N–H and O–H groups in total. The number of carbonyl (C=O) groups excluding carboxylic acids is 2. The molecule has 1 fully saturated rings. The first-order valence-electron chi connectivity index (χ1n) is 7.57. The molecule has 1 aliphatic heterocycles. The van der Waals surface area contributed by atoms with E-state index in [2.05, 4.69) is 10.5 Å². The molecule has 0 unspecified atom stereocenters. The van der Waals surface area contributed by atoms with E-state index >= 15 is 0 Å². The third-order valence-corrected chi connectivity index (χ3v) is 3.82. The van der Waals surface area contributed by atoms with Gasteiger partial charge in [0.1, 0.15) is 5.82 Å². The highest BCUT2D eigenvalue weighted by Gasteiger charge is 2.34. The number of hydrogen-bond donors (Lipinski definition) is 1. The summed E-state index contributed by atoms with van der Waals surface area (Å²) >= 11 is 0. The molecule has 2 aromatic carbocycles. The fourth-order valence-electron chi connectivity index (χ4n) is 2.55. The molecule has 1 atom stereocenters. The number of benzene rings is 2. The quantitative estimate of drug-likeness (QED) is 0.693. The topological polar surface area (TPSA) is 61.8 Å². The van der Waals surface area contributed by atoms with Crippen LogP contribution in [0, 0.1) is 11.7 Å². The lowest BCUT2D eigenvalue weighted by Crippen LogP contribution is -2.30. The van der Waals surface area contributed by atoms with E-state index in [1.165, 1.54) is 18.3 Å². The minimum absolute atomic E-state index is 0.0798. The van der Waals surface area contributed by atoms with E-state index < -0.39 is 5.92 Å². The van der Waals surface area contributed by atoms with Gasteiger partial charge in [0.25, 0.3) is 0 Å². The SMILES string of the molecule is O=C(NN=Cc1ccc(F)cc1)[C@@H]1CC(=O)N(c2ccccc2)C1. The number of nitrogens with one attached hydrogen (secondary N) is 1. The van der Waals surface area contributed by atoms with E-state index in [0.717, 1.165) is 5.69 Å². The predicted octanol–water partition coefficient (Wildman–Crippen LogP) is 2.33. The fourth-order valence-corrected chi connectivity index (χ4v) is 2.55. The minimum atomic E-state index is -0.442. The summed E-state index contributed by atoms with van der Waals surface area (Å²) in [5.74, 6) is -1.16. The highest BCUT2D eigenvalue weighted by atomic mass is 19.1. The summed E-state index contributed by atoms with van der Waals surface area (Å²) in [6.45, 7) is 0.334. The summed E-state index contributed by atoms with van der Waals surface area (Å²) in [6.07, 6.45) is 1.59. The zero-order valence-corrected chi connectivity index (χ0v) is 12.9. The lowest BCUT2D eigenvalue weighted by molar-refractivity contribution is -0.126. The van der Waals surface area contributed by atoms with Gasteiger partial charge in [-0.2, -0.15) is 5.10 Å². The van der Waals surface area contributed by atoms with Crippen LogP contribution < -0.4 is 10.3 Å². The molecule has 1 aliphatic rings. The summed E-state index contributed by atoms with van der Waals surface area (Å²) in [7, 11) is 0. The molecule has 24 heavy (non-hydrogen) atoms. The number of halogens is 1. The number of anilines is 1. The second kappa shape index (κ2) is 7.04. The summed E-state index contributed by atoms with van der Waals surface area (Å²) in [4.78, 5) is 25.8. The molecule has 0 aliphatic carbocycles. The van der Waals surface area contributed by atoms with Crippen LogP contribution in [0.3, 0.4) is 0 Å². The largest absolute Gasteiger partial charge is 0.312 e. The van der Waals surface area contributed by atoms with Crippen molar-refractivity contribution in [1.29, 1.82) is 0 Å². The minimum Gasteiger partial charge on any atom is -0.312 e. The molecule has 0 aromatic heterocycles. The molecule has 3 rings (SSSR count). The maximum atomic E-state index is 12.8. The number of hydrogen-bond acceptors (Lipinski definition) is 3. The first kappa shape index (κ1) is 15.9. The molecule has 2 amide bonds. The van der Waals surface area contributed by atoms with Crippen LogP contribution in [0.25, 0.3) is 0 Å². The second-order valence-corrected chi connectivity index (χ2v) is 5.53. The lowest BCUT2D eigenvalue weighted by atomic mass is 10.1. The zero-order valence-electron chi connectivity index (χ0n) is 12.9. The zero-order chi connectivity index (χ0) is 16.9. The average molecular weight is 325 g/mol. The van der Waals surface area contributed by atoms with Gasteiger partial charge in [-0.05, 0) is 29.8 Å². The van der Waals surface area contributed by atoms with Crippen LogP contribution in [-0.4, -0.2) is 24.6 Å². The first-order valence-corrected chi connectivity index (χ1v) is 7.57. The van der Waals surface area contributed by atoms with Crippen molar-refractivity contribution in [2.45, 2.75) is 6.42 Å². The monoisotopic (exact) mass is 325 g/mol. The number of amides is 2. The van der Waals surface area contributed by atoms with Crippen molar-refractivity contribution in [2.24, 2.45) is 11.0 Å². The van der Waals surface area contributed by atoms with Gasteiger partial charge in [-0.25, -0.2) is 9.82 Å². The van der Waals surface area contributed by atoms with Crippen molar-refractivity contribution < 1.29 is 14.0 Å². The number of nitrogens with zero attached hydrogens (tertiary/aromatic N) is 2. The van der Waals surface area contributed by atoms with Crippen molar-refractivity contribution in [3.63, 3.8) is 0 Å². The Morgan fingerprint density at radius 2 is 1.88 bits per heavy atom. The Morgan fingerprint density at radius 1 is 1.17 bits per heavy atom. The maximum Gasteiger partial charge on any atom is 0.245 e. The van der Waals surface area contributed by atoms with Crippen LogP contribution in [0.5, 0.6) is 0 Å². The Balaban J connectivity index is 1.58. The Hall–Kier alpha value is -3.02. The van der Waals surface area contributed by atoms with Gasteiger partial charge in [0.2, 0.25) is 11.8 Å². The Morgan fingerprint density at radius 3 is 2.58 bits per heavy atom. The number of rotatable bonds is 4. The predicted molar refractivity (Wildman–Crippen MR) is 89.0 cm³/mol. The highest BCUT2D eigenvalue weighted by Crippen LogP contribution is 2.24. The van der Waals surface area contributed by atoms with Crippen LogP contribution in [-0.2, 0) is 9.59 Å². The molecule has 122 valence electrons. The number of carbonyl (C=O) groups is 2. The van der Waals surface area contributed by atoms with Crippen LogP contribution in [0.1, 0.15) is 12.0 Å². The average Bonchev–Trinajstić information content (AvgIpc) is 2.99. The van der Waals surface area contributed by atoms with Gasteiger partial charge in [0.15, 0.2) is 0 Å². The van der Waals surface area contributed by atoms with Gasteiger partial charge in [0, 0.05) is 18.7 Å². The van der Waals surface area contributed by atoms with Crippen LogP contribution in [0.15, 0.2) is 59.7 Å². The molecule has 0 radical (unpaired) electrons. The standard InChI is InChI=1S/C18H16FN3O2/c19-15-8-6-13(7-9-15)11-20-21-18(24)14-10-17(23)22(12-14)16-4-2-1-3-5-16/h1-9,11,14H,10,12H2,(H,21,24)/t14-/m1/s1. The number of para-hydroxylation sites is 1. The maximum absolute atomic E-state index is 12.8. The van der Waals surface area contributed by atoms with Gasteiger partial charge in [0.05, 0.1) is 12.1 Å². The molecule has 0 spiro atoms. The molecule has 0 bridgehead atoms. The van der Waals surface area contributed by atoms with Gasteiger partial charge in [-0.15, -0.1) is 0 Å². The van der Waals surface area contributed by atoms with Crippen molar-refractivity contribution in [1.82, 2.24) is 5.43 Å². The van der Waals surface area contributed by atoms with E-state index in [9.17, 15) is 14.0 Å². The van der Waals surface area contributed by atoms with Crippen LogP contribution >= 0.6 is 0 Å². The Labute approximate surface area is 138 Å². The third-order valence-electron chi connectivity index (χ3n) is 3.82. The summed E-state index contributed by atoms with van der Waals surface area (Å²) in [5, 5.41) is 3.86. The Kier molecular flexibility index (Phi) is 4.65. The summed E-state index contributed by atoms with van der Waals surface area (Å²) < 4.78 is 12.8. The summed E-state index contributed by atoms with van der Waals surface area (Å²) in [6, 6.07) is 15.0. The van der Waals surface area contributed by atoms with Crippen LogP contribution in [0.2, 0.25) is 0 Å². The molecule has 6 heteroatoms. The van der Waals surface area contributed by atoms with E-state index in [0.29, 0.717) is 12.1 Å². The van der Waals surface area contributed by atoms with Gasteiger partial charge in [-0.1, -0.05) is 30.3 Å². The molecular weight excluding hydrogens is 309 g/mol. The van der Waals surface area contributed by atoms with Crippen molar-refractivity contribution in [2.75, 3.05) is 11.4 Å². The molecular formula is C18H16FN3O2.